The molecule has 5 rings (SSSR count). The van der Waals surface area contributed by atoms with Gasteiger partial charge in [0.05, 0.1) is 15.7 Å². The maximum absolute atomic E-state index is 11.5. The number of rotatable bonds is 5. The molecular formula is C22H13Cl2N7O2. The van der Waals surface area contributed by atoms with Crippen LogP contribution in [0.5, 0.6) is 0 Å². The Morgan fingerprint density at radius 2 is 1.85 bits per heavy atom. The van der Waals surface area contributed by atoms with Gasteiger partial charge in [0.2, 0.25) is 17.3 Å². The fourth-order valence-electron chi connectivity index (χ4n) is 3.09. The van der Waals surface area contributed by atoms with Crippen LogP contribution in [0.15, 0.2) is 70.1 Å². The van der Waals surface area contributed by atoms with Crippen LogP contribution in [0.4, 0.5) is 0 Å². The number of nitrogens with zero attached hydrogens (tertiary/aromatic N) is 6. The number of para-hydroxylation sites is 1. The smallest absolute Gasteiger partial charge is 0.248 e. The van der Waals surface area contributed by atoms with Crippen LogP contribution < -0.4 is 5.56 Å². The van der Waals surface area contributed by atoms with Gasteiger partial charge in [-0.25, -0.2) is 0 Å². The lowest BCUT2D eigenvalue weighted by atomic mass is 10.2. The number of nitrogens with one attached hydrogen (secondary N) is 1. The highest BCUT2D eigenvalue weighted by Crippen LogP contribution is 2.28. The number of benzene rings is 1. The first-order chi connectivity index (χ1) is 16.1. The molecule has 1 N–H and O–H groups in total. The average Bonchev–Trinajstić information content (AvgIpc) is 3.46. The minimum atomic E-state index is -0.265. The Hall–Kier alpha value is -4.08. The van der Waals surface area contributed by atoms with E-state index in [1.807, 2.05) is 18.2 Å². The fourth-order valence-corrected chi connectivity index (χ4v) is 3.42. The molecule has 0 aliphatic rings. The number of aromatic amines is 1. The molecule has 0 atom stereocenters. The van der Waals surface area contributed by atoms with Gasteiger partial charge in [-0.2, -0.15) is 0 Å². The molecule has 0 aliphatic carbocycles. The van der Waals surface area contributed by atoms with Crippen molar-refractivity contribution in [3.63, 3.8) is 0 Å². The molecule has 0 unspecified atom stereocenters. The molecule has 9 nitrogen and oxygen atoms in total. The summed E-state index contributed by atoms with van der Waals surface area (Å²) in [6.07, 6.45) is 6.31. The Morgan fingerprint density at radius 3 is 2.64 bits per heavy atom. The molecule has 1 aromatic carbocycles. The second-order valence-electron chi connectivity index (χ2n) is 6.75. The zero-order valence-corrected chi connectivity index (χ0v) is 18.2. The van der Waals surface area contributed by atoms with Gasteiger partial charge >= 0.3 is 0 Å². The van der Waals surface area contributed by atoms with E-state index in [0.29, 0.717) is 38.6 Å². The number of hydrogen-bond donors (Lipinski definition) is 1. The van der Waals surface area contributed by atoms with Crippen molar-refractivity contribution >= 4 is 35.4 Å². The Bertz CT molecular complexity index is 1520. The summed E-state index contributed by atoms with van der Waals surface area (Å²) in [7, 11) is 0. The largest absolute Gasteiger partial charge is 0.417 e. The Balaban J connectivity index is 1.55. The monoisotopic (exact) mass is 477 g/mol. The number of halogens is 2. The molecule has 33 heavy (non-hydrogen) atoms. The normalized spacial score (nSPS) is 11.3. The Morgan fingerprint density at radius 1 is 0.970 bits per heavy atom. The number of pyridine rings is 2. The van der Waals surface area contributed by atoms with Crippen LogP contribution in [0, 0.1) is 0 Å². The van der Waals surface area contributed by atoms with Gasteiger partial charge in [-0.1, -0.05) is 35.3 Å². The molecule has 5 aromatic rings. The molecule has 0 radical (unpaired) electrons. The van der Waals surface area contributed by atoms with Crippen LogP contribution in [0.3, 0.4) is 0 Å². The van der Waals surface area contributed by atoms with Crippen LogP contribution in [0.25, 0.3) is 40.8 Å². The van der Waals surface area contributed by atoms with Gasteiger partial charge in [-0.3, -0.25) is 14.3 Å². The third-order valence-electron chi connectivity index (χ3n) is 4.58. The van der Waals surface area contributed by atoms with E-state index < -0.39 is 0 Å². The first-order valence-corrected chi connectivity index (χ1v) is 10.4. The van der Waals surface area contributed by atoms with Gasteiger partial charge < -0.3 is 9.40 Å². The maximum Gasteiger partial charge on any atom is 0.248 e. The summed E-state index contributed by atoms with van der Waals surface area (Å²) < 4.78 is 7.41. The van der Waals surface area contributed by atoms with Crippen molar-refractivity contribution in [1.82, 2.24) is 34.9 Å². The van der Waals surface area contributed by atoms with Gasteiger partial charge in [0, 0.05) is 30.1 Å². The van der Waals surface area contributed by atoms with E-state index in [1.165, 1.54) is 18.5 Å². The summed E-state index contributed by atoms with van der Waals surface area (Å²) >= 11 is 12.4. The van der Waals surface area contributed by atoms with Crippen molar-refractivity contribution in [2.24, 2.45) is 0 Å². The lowest BCUT2D eigenvalue weighted by Gasteiger charge is -2.10. The second-order valence-corrected chi connectivity index (χ2v) is 7.59. The molecule has 0 amide bonds. The van der Waals surface area contributed by atoms with E-state index in [1.54, 1.807) is 41.0 Å². The summed E-state index contributed by atoms with van der Waals surface area (Å²) in [5.74, 6) is 1.39. The third-order valence-corrected chi connectivity index (χ3v) is 5.12. The molecule has 0 saturated heterocycles. The van der Waals surface area contributed by atoms with Crippen LogP contribution >= 0.6 is 23.2 Å². The highest BCUT2D eigenvalue weighted by atomic mass is 35.5. The molecular weight excluding hydrogens is 465 g/mol. The van der Waals surface area contributed by atoms with Gasteiger partial charge in [0.15, 0.2) is 11.6 Å². The Kier molecular flexibility index (Phi) is 5.55. The molecule has 0 bridgehead atoms. The SMILES string of the molecule is O=c1cc(-c2nnc(/C=C/c3nnc(-c4ccc(Cl)cn4)n3-c3ccccc3Cl)o2)cc[nH]1. The molecule has 162 valence electrons. The topological polar surface area (TPSA) is 115 Å². The minimum absolute atomic E-state index is 0.222. The van der Waals surface area contributed by atoms with Crippen LogP contribution in [0.1, 0.15) is 11.7 Å². The molecule has 0 aliphatic heterocycles. The molecule has 0 spiro atoms. The van der Waals surface area contributed by atoms with E-state index in [0.717, 1.165) is 0 Å². The van der Waals surface area contributed by atoms with E-state index in [4.69, 9.17) is 27.6 Å². The standard InChI is InChI=1S/C22H13Cl2N7O2/c23-14-5-6-16(26-12-14)21-29-27-18(31(21)17-4-2-1-3-15(17)24)7-8-20-28-30-22(33-20)13-9-10-25-19(32)11-13/h1-12H,(H,25,32)/b8-7+. The van der Waals surface area contributed by atoms with Crippen molar-refractivity contribution < 1.29 is 4.42 Å². The molecule has 4 aromatic heterocycles. The molecule has 11 heteroatoms. The second kappa shape index (κ2) is 8.81. The lowest BCUT2D eigenvalue weighted by molar-refractivity contribution is 0.557. The van der Waals surface area contributed by atoms with Crippen molar-refractivity contribution in [1.29, 1.82) is 0 Å². The molecule has 4 heterocycles. The van der Waals surface area contributed by atoms with Gasteiger partial charge in [-0.15, -0.1) is 20.4 Å². The van der Waals surface area contributed by atoms with Gasteiger partial charge in [0.1, 0.15) is 5.69 Å². The van der Waals surface area contributed by atoms with Crippen molar-refractivity contribution in [3.8, 4) is 28.7 Å². The van der Waals surface area contributed by atoms with Crippen molar-refractivity contribution in [3.05, 3.63) is 93.0 Å². The van der Waals surface area contributed by atoms with Crippen molar-refractivity contribution in [2.45, 2.75) is 0 Å². The summed E-state index contributed by atoms with van der Waals surface area (Å²) in [6.45, 7) is 0. The first kappa shape index (κ1) is 20.8. The number of H-pyrrole nitrogens is 1. The first-order valence-electron chi connectivity index (χ1n) is 9.61. The lowest BCUT2D eigenvalue weighted by Crippen LogP contribution is -2.02. The third kappa shape index (κ3) is 4.32. The van der Waals surface area contributed by atoms with Crippen LogP contribution in [-0.2, 0) is 0 Å². The van der Waals surface area contributed by atoms with Gasteiger partial charge in [-0.05, 0) is 36.4 Å². The molecule has 0 saturated carbocycles. The number of hydrogen-bond acceptors (Lipinski definition) is 7. The van der Waals surface area contributed by atoms with E-state index in [9.17, 15) is 4.79 Å². The summed E-state index contributed by atoms with van der Waals surface area (Å²) in [6, 6.07) is 13.8. The summed E-state index contributed by atoms with van der Waals surface area (Å²) in [4.78, 5) is 18.4. The highest BCUT2D eigenvalue weighted by Gasteiger charge is 2.17. The fraction of sp³-hybridized carbons (Fsp3) is 0. The highest BCUT2D eigenvalue weighted by molar-refractivity contribution is 6.32. The zero-order chi connectivity index (χ0) is 22.8. The minimum Gasteiger partial charge on any atom is -0.417 e. The maximum atomic E-state index is 11.5. The van der Waals surface area contributed by atoms with E-state index in [2.05, 4.69) is 30.4 Å². The number of aromatic nitrogens is 7. The average molecular weight is 478 g/mol. The summed E-state index contributed by atoms with van der Waals surface area (Å²) in [5, 5.41) is 17.6. The van der Waals surface area contributed by atoms with E-state index >= 15 is 0 Å². The molecule has 0 fully saturated rings. The quantitative estimate of drug-likeness (QED) is 0.394. The predicted octanol–water partition coefficient (Wildman–Crippen LogP) is 4.54. The summed E-state index contributed by atoms with van der Waals surface area (Å²) in [5.41, 5.74) is 1.49. The van der Waals surface area contributed by atoms with Crippen LogP contribution in [-0.4, -0.2) is 34.9 Å². The van der Waals surface area contributed by atoms with E-state index in [-0.39, 0.29) is 17.3 Å². The Labute approximate surface area is 196 Å². The zero-order valence-electron chi connectivity index (χ0n) is 16.7. The van der Waals surface area contributed by atoms with Crippen LogP contribution in [0.2, 0.25) is 10.0 Å². The predicted molar refractivity (Wildman–Crippen MR) is 124 cm³/mol. The van der Waals surface area contributed by atoms with Gasteiger partial charge in [0.25, 0.3) is 0 Å². The van der Waals surface area contributed by atoms with Crippen molar-refractivity contribution in [2.75, 3.05) is 0 Å².